The van der Waals surface area contributed by atoms with Crippen LogP contribution in [0.4, 0.5) is 0 Å². The number of nitrogens with zero attached hydrogens (tertiary/aromatic N) is 1. The Morgan fingerprint density at radius 2 is 2.20 bits per heavy atom. The summed E-state index contributed by atoms with van der Waals surface area (Å²) in [6, 6.07) is 7.10. The Morgan fingerprint density at radius 1 is 1.45 bits per heavy atom. The highest BCUT2D eigenvalue weighted by molar-refractivity contribution is 7.91. The van der Waals surface area contributed by atoms with Crippen molar-refractivity contribution in [2.45, 2.75) is 19.4 Å². The number of benzene rings is 1. The second kappa shape index (κ2) is 5.93. The quantitative estimate of drug-likeness (QED) is 0.878. The van der Waals surface area contributed by atoms with Crippen LogP contribution in [0.15, 0.2) is 24.3 Å². The van der Waals surface area contributed by atoms with Gasteiger partial charge in [0.25, 0.3) is 5.91 Å². The van der Waals surface area contributed by atoms with Crippen molar-refractivity contribution in [2.75, 3.05) is 24.6 Å². The van der Waals surface area contributed by atoms with Gasteiger partial charge in [0.1, 0.15) is 0 Å². The van der Waals surface area contributed by atoms with Crippen molar-refractivity contribution in [1.29, 1.82) is 0 Å². The van der Waals surface area contributed by atoms with Crippen LogP contribution in [0.1, 0.15) is 22.8 Å². The molecule has 2 N–H and O–H groups in total. The monoisotopic (exact) mass is 296 g/mol. The van der Waals surface area contributed by atoms with Crippen LogP contribution < -0.4 is 5.73 Å². The predicted octanol–water partition coefficient (Wildman–Crippen LogP) is 0.447. The molecule has 0 radical (unpaired) electrons. The van der Waals surface area contributed by atoms with E-state index in [2.05, 4.69) is 0 Å². The normalized spacial score (nSPS) is 21.7. The van der Waals surface area contributed by atoms with Crippen LogP contribution in [0.5, 0.6) is 0 Å². The molecule has 0 saturated carbocycles. The van der Waals surface area contributed by atoms with Gasteiger partial charge < -0.3 is 10.6 Å². The Hall–Kier alpha value is -1.40. The number of nitrogens with two attached hydrogens (primary N) is 1. The lowest BCUT2D eigenvalue weighted by Gasteiger charge is -2.33. The fourth-order valence-corrected chi connectivity index (χ4v) is 4.05. The number of rotatable bonds is 3. The highest BCUT2D eigenvalue weighted by atomic mass is 32.2. The molecule has 0 aromatic heterocycles. The van der Waals surface area contributed by atoms with E-state index in [0.29, 0.717) is 12.1 Å². The number of hydrogen-bond acceptors (Lipinski definition) is 4. The number of sulfone groups is 1. The van der Waals surface area contributed by atoms with E-state index >= 15 is 0 Å². The highest BCUT2D eigenvalue weighted by Crippen LogP contribution is 2.16. The van der Waals surface area contributed by atoms with Gasteiger partial charge in [-0.25, -0.2) is 8.42 Å². The van der Waals surface area contributed by atoms with Crippen molar-refractivity contribution in [3.63, 3.8) is 0 Å². The maximum atomic E-state index is 12.5. The molecule has 1 aromatic rings. The number of amides is 1. The van der Waals surface area contributed by atoms with Gasteiger partial charge in [-0.15, -0.1) is 0 Å². The van der Waals surface area contributed by atoms with Crippen LogP contribution in [0.3, 0.4) is 0 Å². The van der Waals surface area contributed by atoms with Crippen molar-refractivity contribution in [3.05, 3.63) is 35.4 Å². The summed E-state index contributed by atoms with van der Waals surface area (Å²) < 4.78 is 23.1. The minimum atomic E-state index is -3.01. The first-order chi connectivity index (χ1) is 9.43. The van der Waals surface area contributed by atoms with E-state index in [1.807, 2.05) is 18.2 Å². The van der Waals surface area contributed by atoms with Gasteiger partial charge in [0.15, 0.2) is 9.84 Å². The summed E-state index contributed by atoms with van der Waals surface area (Å²) >= 11 is 0. The lowest BCUT2D eigenvalue weighted by Crippen LogP contribution is -2.49. The Balaban J connectivity index is 2.17. The third kappa shape index (κ3) is 3.37. The molecule has 0 spiro atoms. The molecule has 1 heterocycles. The molecule has 5 nitrogen and oxygen atoms in total. The molecule has 1 aliphatic rings. The molecule has 1 aliphatic heterocycles. The van der Waals surface area contributed by atoms with E-state index in [9.17, 15) is 13.2 Å². The van der Waals surface area contributed by atoms with Gasteiger partial charge in [0.05, 0.1) is 11.5 Å². The Morgan fingerprint density at radius 3 is 2.85 bits per heavy atom. The third-order valence-electron chi connectivity index (χ3n) is 3.54. The first-order valence-electron chi connectivity index (χ1n) is 6.73. The van der Waals surface area contributed by atoms with Gasteiger partial charge in [-0.05, 0) is 37.6 Å². The van der Waals surface area contributed by atoms with E-state index in [-0.39, 0.29) is 30.0 Å². The second-order valence-electron chi connectivity index (χ2n) is 5.20. The van der Waals surface area contributed by atoms with E-state index in [0.717, 1.165) is 12.0 Å². The number of carbonyl (C=O) groups excluding carboxylic acids is 1. The summed E-state index contributed by atoms with van der Waals surface area (Å²) in [4.78, 5) is 14.1. The Labute approximate surface area is 119 Å². The predicted molar refractivity (Wildman–Crippen MR) is 78.4 cm³/mol. The molecule has 2 rings (SSSR count). The second-order valence-corrected chi connectivity index (χ2v) is 7.43. The van der Waals surface area contributed by atoms with Gasteiger partial charge in [-0.2, -0.15) is 0 Å². The van der Waals surface area contributed by atoms with E-state index in [1.165, 1.54) is 0 Å². The van der Waals surface area contributed by atoms with Crippen molar-refractivity contribution in [3.8, 4) is 0 Å². The molecule has 1 amide bonds. The molecule has 1 aromatic carbocycles. The highest BCUT2D eigenvalue weighted by Gasteiger charge is 2.31. The topological polar surface area (TPSA) is 80.5 Å². The van der Waals surface area contributed by atoms with Crippen molar-refractivity contribution >= 4 is 15.7 Å². The van der Waals surface area contributed by atoms with Crippen LogP contribution in [-0.2, 0) is 16.3 Å². The standard InChI is InChI=1S/C14H20N2O3S/c1-11-10-20(18,19)8-7-16(11)14(17)13-4-2-3-12(9-13)5-6-15/h2-4,9,11H,5-8,10,15H2,1H3. The third-order valence-corrected chi connectivity index (χ3v) is 5.33. The maximum Gasteiger partial charge on any atom is 0.254 e. The zero-order chi connectivity index (χ0) is 14.8. The maximum absolute atomic E-state index is 12.5. The van der Waals surface area contributed by atoms with Crippen molar-refractivity contribution in [1.82, 2.24) is 4.90 Å². The van der Waals surface area contributed by atoms with Gasteiger partial charge in [0, 0.05) is 18.2 Å². The summed E-state index contributed by atoms with van der Waals surface area (Å²) in [5.41, 5.74) is 7.14. The van der Waals surface area contributed by atoms with Crippen LogP contribution in [0.25, 0.3) is 0 Å². The fraction of sp³-hybridized carbons (Fsp3) is 0.500. The molecule has 1 atom stereocenters. The molecular formula is C14H20N2O3S. The van der Waals surface area contributed by atoms with E-state index in [4.69, 9.17) is 5.73 Å². The number of carbonyl (C=O) groups is 1. The molecule has 0 aliphatic carbocycles. The first-order valence-corrected chi connectivity index (χ1v) is 8.55. The van der Waals surface area contributed by atoms with E-state index in [1.54, 1.807) is 17.9 Å². The minimum absolute atomic E-state index is 0.0429. The molecule has 110 valence electrons. The van der Waals surface area contributed by atoms with Crippen LogP contribution in [0, 0.1) is 0 Å². The lowest BCUT2D eigenvalue weighted by molar-refractivity contribution is 0.0712. The average Bonchev–Trinajstić information content (AvgIpc) is 2.38. The molecule has 0 bridgehead atoms. The Bertz CT molecular complexity index is 598. The summed E-state index contributed by atoms with van der Waals surface area (Å²) in [6.45, 7) is 2.58. The van der Waals surface area contributed by atoms with Gasteiger partial charge in [0.2, 0.25) is 0 Å². The minimum Gasteiger partial charge on any atom is -0.334 e. The lowest BCUT2D eigenvalue weighted by atomic mass is 10.1. The zero-order valence-electron chi connectivity index (χ0n) is 11.6. The van der Waals surface area contributed by atoms with Crippen molar-refractivity contribution < 1.29 is 13.2 Å². The van der Waals surface area contributed by atoms with Crippen LogP contribution in [0.2, 0.25) is 0 Å². The average molecular weight is 296 g/mol. The van der Waals surface area contributed by atoms with Gasteiger partial charge >= 0.3 is 0 Å². The van der Waals surface area contributed by atoms with Crippen LogP contribution in [-0.4, -0.2) is 49.9 Å². The van der Waals surface area contributed by atoms with E-state index < -0.39 is 9.84 Å². The molecule has 6 heteroatoms. The Kier molecular flexibility index (Phi) is 4.45. The largest absolute Gasteiger partial charge is 0.334 e. The molecule has 1 fully saturated rings. The first kappa shape index (κ1) is 15.0. The summed E-state index contributed by atoms with van der Waals surface area (Å²) in [5.74, 6) is -0.0152. The smallest absolute Gasteiger partial charge is 0.254 e. The number of hydrogen-bond donors (Lipinski definition) is 1. The summed E-state index contributed by atoms with van der Waals surface area (Å²) in [7, 11) is -3.01. The summed E-state index contributed by atoms with van der Waals surface area (Å²) in [5, 5.41) is 0. The fourth-order valence-electron chi connectivity index (χ4n) is 2.49. The van der Waals surface area contributed by atoms with Gasteiger partial charge in [-0.1, -0.05) is 12.1 Å². The van der Waals surface area contributed by atoms with Crippen LogP contribution >= 0.6 is 0 Å². The molecule has 20 heavy (non-hydrogen) atoms. The molecule has 1 saturated heterocycles. The molecular weight excluding hydrogens is 276 g/mol. The summed E-state index contributed by atoms with van der Waals surface area (Å²) in [6.07, 6.45) is 0.727. The molecule has 1 unspecified atom stereocenters. The van der Waals surface area contributed by atoms with Gasteiger partial charge in [-0.3, -0.25) is 4.79 Å². The SMILES string of the molecule is CC1CS(=O)(=O)CCN1C(=O)c1cccc(CCN)c1. The zero-order valence-corrected chi connectivity index (χ0v) is 12.4. The van der Waals surface area contributed by atoms with Crippen molar-refractivity contribution in [2.24, 2.45) is 5.73 Å².